The van der Waals surface area contributed by atoms with Gasteiger partial charge in [-0.2, -0.15) is 0 Å². The van der Waals surface area contributed by atoms with E-state index in [1.807, 2.05) is 6.92 Å². The lowest BCUT2D eigenvalue weighted by Gasteiger charge is -2.08. The minimum atomic E-state index is -0.653. The molecule has 0 spiro atoms. The van der Waals surface area contributed by atoms with Gasteiger partial charge in [0.1, 0.15) is 5.82 Å². The molecule has 2 N–H and O–H groups in total. The number of hydrogen-bond donors (Lipinski definition) is 2. The van der Waals surface area contributed by atoms with Gasteiger partial charge in [-0.25, -0.2) is 9.37 Å². The van der Waals surface area contributed by atoms with Gasteiger partial charge in [-0.15, -0.1) is 0 Å². The Morgan fingerprint density at radius 2 is 2.15 bits per heavy atom. The second-order valence-electron chi connectivity index (χ2n) is 4.02. The fourth-order valence-electron chi connectivity index (χ4n) is 1.61. The maximum Gasteiger partial charge on any atom is 0.257 e. The van der Waals surface area contributed by atoms with Crippen LogP contribution in [-0.2, 0) is 0 Å². The van der Waals surface area contributed by atoms with Crippen LogP contribution >= 0.6 is 11.6 Å². The number of nitrogens with one attached hydrogen (secondary N) is 2. The summed E-state index contributed by atoms with van der Waals surface area (Å²) in [4.78, 5) is 16.0. The van der Waals surface area contributed by atoms with E-state index < -0.39 is 11.7 Å². The molecule has 0 saturated heterocycles. The zero-order valence-electron chi connectivity index (χ0n) is 10.8. The topological polar surface area (TPSA) is 54.0 Å². The molecule has 1 aromatic carbocycles. The first-order valence-corrected chi connectivity index (χ1v) is 6.45. The first-order chi connectivity index (χ1) is 9.61. The van der Waals surface area contributed by atoms with E-state index in [1.54, 1.807) is 18.2 Å². The van der Waals surface area contributed by atoms with E-state index in [0.717, 1.165) is 6.54 Å². The molecule has 2 aromatic rings. The number of aromatic nitrogens is 1. The van der Waals surface area contributed by atoms with Crippen LogP contribution in [-0.4, -0.2) is 17.4 Å². The van der Waals surface area contributed by atoms with Crippen LogP contribution in [0.3, 0.4) is 0 Å². The van der Waals surface area contributed by atoms with Crippen LogP contribution in [0.2, 0.25) is 5.02 Å². The molecule has 1 amide bonds. The van der Waals surface area contributed by atoms with E-state index in [4.69, 9.17) is 11.6 Å². The van der Waals surface area contributed by atoms with Crippen molar-refractivity contribution < 1.29 is 9.18 Å². The number of carbonyl (C=O) groups excluding carboxylic acids is 1. The van der Waals surface area contributed by atoms with E-state index in [2.05, 4.69) is 15.6 Å². The number of amides is 1. The summed E-state index contributed by atoms with van der Waals surface area (Å²) < 4.78 is 13.7. The van der Waals surface area contributed by atoms with Crippen molar-refractivity contribution in [3.05, 3.63) is 52.9 Å². The van der Waals surface area contributed by atoms with Gasteiger partial charge in [-0.1, -0.05) is 17.7 Å². The third-order valence-corrected chi connectivity index (χ3v) is 2.88. The minimum Gasteiger partial charge on any atom is -0.370 e. The highest BCUT2D eigenvalue weighted by atomic mass is 35.5. The first-order valence-electron chi connectivity index (χ1n) is 6.07. The van der Waals surface area contributed by atoms with E-state index >= 15 is 0 Å². The van der Waals surface area contributed by atoms with Crippen molar-refractivity contribution in [2.24, 2.45) is 0 Å². The Morgan fingerprint density at radius 3 is 2.80 bits per heavy atom. The molecule has 0 aliphatic heterocycles. The van der Waals surface area contributed by atoms with Gasteiger partial charge in [0.05, 0.1) is 16.3 Å². The predicted octanol–water partition coefficient (Wildman–Crippen LogP) is 3.56. The summed E-state index contributed by atoms with van der Waals surface area (Å²) in [5.41, 5.74) is 0.379. The van der Waals surface area contributed by atoms with E-state index in [-0.39, 0.29) is 10.7 Å². The Labute approximate surface area is 121 Å². The zero-order valence-corrected chi connectivity index (χ0v) is 11.5. The average molecular weight is 294 g/mol. The standard InChI is InChI=1S/C14H13ClFN3O/c1-2-17-12-7-6-9(8-18-12)14(20)19-11-5-3-4-10(15)13(11)16/h3-8H,2H2,1H3,(H,17,18)(H,19,20). The van der Waals surface area contributed by atoms with Gasteiger partial charge >= 0.3 is 0 Å². The summed E-state index contributed by atoms with van der Waals surface area (Å²) in [6.45, 7) is 2.69. The highest BCUT2D eigenvalue weighted by molar-refractivity contribution is 6.31. The lowest BCUT2D eigenvalue weighted by atomic mass is 10.2. The number of benzene rings is 1. The fraction of sp³-hybridized carbons (Fsp3) is 0.143. The molecule has 0 radical (unpaired) electrons. The fourth-order valence-corrected chi connectivity index (χ4v) is 1.78. The van der Waals surface area contributed by atoms with Gasteiger partial charge in [-0.05, 0) is 31.2 Å². The number of anilines is 2. The Kier molecular flexibility index (Phi) is 4.53. The van der Waals surface area contributed by atoms with E-state index in [0.29, 0.717) is 11.4 Å². The second kappa shape index (κ2) is 6.34. The van der Waals surface area contributed by atoms with Gasteiger partial charge in [0.2, 0.25) is 0 Å². The smallest absolute Gasteiger partial charge is 0.257 e. The molecule has 0 atom stereocenters. The molecule has 4 nitrogen and oxygen atoms in total. The minimum absolute atomic E-state index is 0.0385. The van der Waals surface area contributed by atoms with Crippen molar-refractivity contribution in [1.29, 1.82) is 0 Å². The molecular formula is C14H13ClFN3O. The van der Waals surface area contributed by atoms with Crippen molar-refractivity contribution in [3.63, 3.8) is 0 Å². The number of pyridine rings is 1. The molecule has 0 fully saturated rings. The van der Waals surface area contributed by atoms with Crippen molar-refractivity contribution >= 4 is 29.0 Å². The highest BCUT2D eigenvalue weighted by Crippen LogP contribution is 2.22. The quantitative estimate of drug-likeness (QED) is 0.906. The summed E-state index contributed by atoms with van der Waals surface area (Å²) >= 11 is 5.65. The Morgan fingerprint density at radius 1 is 1.35 bits per heavy atom. The molecule has 104 valence electrons. The van der Waals surface area contributed by atoms with Crippen molar-refractivity contribution in [2.45, 2.75) is 6.92 Å². The highest BCUT2D eigenvalue weighted by Gasteiger charge is 2.11. The van der Waals surface area contributed by atoms with Crippen LogP contribution < -0.4 is 10.6 Å². The first kappa shape index (κ1) is 14.3. The molecule has 0 aliphatic carbocycles. The number of carbonyl (C=O) groups is 1. The summed E-state index contributed by atoms with van der Waals surface area (Å²) in [6.07, 6.45) is 1.43. The molecule has 6 heteroatoms. The Balaban J connectivity index is 2.13. The van der Waals surface area contributed by atoms with E-state index in [9.17, 15) is 9.18 Å². The van der Waals surface area contributed by atoms with Gasteiger partial charge in [0, 0.05) is 12.7 Å². The summed E-state index contributed by atoms with van der Waals surface area (Å²) in [7, 11) is 0. The van der Waals surface area contributed by atoms with Crippen LogP contribution in [0.4, 0.5) is 15.9 Å². The van der Waals surface area contributed by atoms with Crippen molar-refractivity contribution in [1.82, 2.24) is 4.98 Å². The molecule has 0 saturated carbocycles. The second-order valence-corrected chi connectivity index (χ2v) is 4.43. The molecule has 1 heterocycles. The Bertz CT molecular complexity index is 616. The largest absolute Gasteiger partial charge is 0.370 e. The molecule has 2 rings (SSSR count). The summed E-state index contributed by atoms with van der Waals surface area (Å²) in [5, 5.41) is 5.44. The van der Waals surface area contributed by atoms with Gasteiger partial charge in [0.15, 0.2) is 5.82 Å². The van der Waals surface area contributed by atoms with Crippen LogP contribution in [0.15, 0.2) is 36.5 Å². The molecular weight excluding hydrogens is 281 g/mol. The van der Waals surface area contributed by atoms with Gasteiger partial charge < -0.3 is 10.6 Å². The lowest BCUT2D eigenvalue weighted by molar-refractivity contribution is 0.102. The van der Waals surface area contributed by atoms with Crippen LogP contribution in [0, 0.1) is 5.82 Å². The molecule has 1 aromatic heterocycles. The molecule has 0 aliphatic rings. The number of rotatable bonds is 4. The number of nitrogens with zero attached hydrogens (tertiary/aromatic N) is 1. The lowest BCUT2D eigenvalue weighted by Crippen LogP contribution is -2.13. The molecule has 0 unspecified atom stereocenters. The van der Waals surface area contributed by atoms with Crippen molar-refractivity contribution in [3.8, 4) is 0 Å². The SMILES string of the molecule is CCNc1ccc(C(=O)Nc2cccc(Cl)c2F)cn1. The van der Waals surface area contributed by atoms with Gasteiger partial charge in [0.25, 0.3) is 5.91 Å². The van der Waals surface area contributed by atoms with E-state index in [1.165, 1.54) is 18.3 Å². The maximum absolute atomic E-state index is 13.7. The average Bonchev–Trinajstić information content (AvgIpc) is 2.45. The van der Waals surface area contributed by atoms with Crippen LogP contribution in [0.25, 0.3) is 0 Å². The summed E-state index contributed by atoms with van der Waals surface area (Å²) in [6, 6.07) is 7.72. The van der Waals surface area contributed by atoms with Crippen molar-refractivity contribution in [2.75, 3.05) is 17.2 Å². The van der Waals surface area contributed by atoms with Gasteiger partial charge in [-0.3, -0.25) is 4.79 Å². The predicted molar refractivity (Wildman–Crippen MR) is 77.8 cm³/mol. The zero-order chi connectivity index (χ0) is 14.5. The third kappa shape index (κ3) is 3.24. The molecule has 20 heavy (non-hydrogen) atoms. The van der Waals surface area contributed by atoms with Crippen LogP contribution in [0.5, 0.6) is 0 Å². The monoisotopic (exact) mass is 293 g/mol. The Hall–Kier alpha value is -2.14. The maximum atomic E-state index is 13.7. The van der Waals surface area contributed by atoms with Crippen LogP contribution in [0.1, 0.15) is 17.3 Å². The normalized spacial score (nSPS) is 10.2. The number of hydrogen-bond acceptors (Lipinski definition) is 3. The number of halogens is 2. The third-order valence-electron chi connectivity index (χ3n) is 2.58. The molecule has 0 bridgehead atoms. The summed E-state index contributed by atoms with van der Waals surface area (Å²) in [5.74, 6) is -0.417.